The van der Waals surface area contributed by atoms with Gasteiger partial charge < -0.3 is 4.74 Å². The van der Waals surface area contributed by atoms with E-state index in [2.05, 4.69) is 9.84 Å². The van der Waals surface area contributed by atoms with Gasteiger partial charge in [-0.1, -0.05) is 18.2 Å². The standard InChI is InChI=1S/C17H11F6N3O3/c18-16(19,20)11-6-4-10(5-7-11)9-25-14(27)24-26(15(25)28)12-2-1-3-13(8-12)29-17(21,22)23/h1-8H,9H2,(H,24,27). The predicted molar refractivity (Wildman–Crippen MR) is 87.9 cm³/mol. The van der Waals surface area contributed by atoms with Gasteiger partial charge in [-0.3, -0.25) is 0 Å². The molecule has 154 valence electrons. The summed E-state index contributed by atoms with van der Waals surface area (Å²) in [5.41, 5.74) is -2.55. The molecule has 0 saturated heterocycles. The molecule has 0 unspecified atom stereocenters. The number of hydrogen-bond donors (Lipinski definition) is 1. The number of hydrogen-bond acceptors (Lipinski definition) is 3. The van der Waals surface area contributed by atoms with Crippen molar-refractivity contribution in [2.24, 2.45) is 0 Å². The summed E-state index contributed by atoms with van der Waals surface area (Å²) < 4.78 is 80.0. The van der Waals surface area contributed by atoms with E-state index in [0.717, 1.165) is 36.4 Å². The Bertz CT molecular complexity index is 1120. The zero-order valence-electron chi connectivity index (χ0n) is 14.2. The second-order valence-electron chi connectivity index (χ2n) is 5.86. The quantitative estimate of drug-likeness (QED) is 0.660. The summed E-state index contributed by atoms with van der Waals surface area (Å²) in [6, 6.07) is 8.21. The summed E-state index contributed by atoms with van der Waals surface area (Å²) in [4.78, 5) is 24.5. The van der Waals surface area contributed by atoms with Crippen LogP contribution in [0.4, 0.5) is 26.3 Å². The lowest BCUT2D eigenvalue weighted by Crippen LogP contribution is -2.29. The van der Waals surface area contributed by atoms with Gasteiger partial charge in [0.2, 0.25) is 0 Å². The van der Waals surface area contributed by atoms with Crippen molar-refractivity contribution in [3.8, 4) is 11.4 Å². The van der Waals surface area contributed by atoms with E-state index in [1.54, 1.807) is 0 Å². The molecule has 29 heavy (non-hydrogen) atoms. The first-order valence-electron chi connectivity index (χ1n) is 7.88. The molecular weight excluding hydrogens is 408 g/mol. The second-order valence-corrected chi connectivity index (χ2v) is 5.86. The zero-order valence-corrected chi connectivity index (χ0v) is 14.2. The molecule has 0 saturated carbocycles. The van der Waals surface area contributed by atoms with E-state index in [-0.39, 0.29) is 17.8 Å². The molecule has 0 aliphatic heterocycles. The number of nitrogens with one attached hydrogen (secondary N) is 1. The number of nitrogens with zero attached hydrogens (tertiary/aromatic N) is 2. The van der Waals surface area contributed by atoms with Crippen molar-refractivity contribution in [2.75, 3.05) is 0 Å². The molecule has 0 amide bonds. The zero-order chi connectivity index (χ0) is 21.4. The van der Waals surface area contributed by atoms with Gasteiger partial charge in [-0.05, 0) is 29.8 Å². The highest BCUT2D eigenvalue weighted by Gasteiger charge is 2.31. The van der Waals surface area contributed by atoms with Crippen molar-refractivity contribution in [3.63, 3.8) is 0 Å². The summed E-state index contributed by atoms with van der Waals surface area (Å²) in [6.07, 6.45) is -9.47. The maximum absolute atomic E-state index is 12.6. The van der Waals surface area contributed by atoms with Gasteiger partial charge in [0.25, 0.3) is 0 Å². The first-order chi connectivity index (χ1) is 13.4. The Labute approximate surface area is 157 Å². The number of aromatic amines is 1. The van der Waals surface area contributed by atoms with Gasteiger partial charge in [-0.15, -0.1) is 13.2 Å². The van der Waals surface area contributed by atoms with Crippen molar-refractivity contribution in [1.29, 1.82) is 0 Å². The lowest BCUT2D eigenvalue weighted by molar-refractivity contribution is -0.274. The van der Waals surface area contributed by atoms with Gasteiger partial charge in [-0.25, -0.2) is 23.9 Å². The number of halogens is 6. The highest BCUT2D eigenvalue weighted by atomic mass is 19.4. The number of benzene rings is 2. The third-order valence-electron chi connectivity index (χ3n) is 3.81. The summed E-state index contributed by atoms with van der Waals surface area (Å²) in [7, 11) is 0. The Hall–Kier alpha value is -3.44. The fourth-order valence-corrected chi connectivity index (χ4v) is 2.53. The third-order valence-corrected chi connectivity index (χ3v) is 3.81. The maximum Gasteiger partial charge on any atom is 0.573 e. The van der Waals surface area contributed by atoms with Gasteiger partial charge in [-0.2, -0.15) is 13.2 Å². The average Bonchev–Trinajstić information content (AvgIpc) is 2.88. The smallest absolute Gasteiger partial charge is 0.406 e. The van der Waals surface area contributed by atoms with Gasteiger partial charge in [0.15, 0.2) is 0 Å². The molecule has 12 heteroatoms. The van der Waals surface area contributed by atoms with Crippen LogP contribution in [-0.4, -0.2) is 20.7 Å². The van der Waals surface area contributed by atoms with E-state index in [0.29, 0.717) is 9.25 Å². The van der Waals surface area contributed by atoms with Crippen molar-refractivity contribution in [1.82, 2.24) is 14.3 Å². The Balaban J connectivity index is 1.91. The monoisotopic (exact) mass is 419 g/mol. The Morgan fingerprint density at radius 3 is 2.17 bits per heavy atom. The fourth-order valence-electron chi connectivity index (χ4n) is 2.53. The second kappa shape index (κ2) is 7.18. The molecule has 0 aliphatic rings. The molecule has 6 nitrogen and oxygen atoms in total. The topological polar surface area (TPSA) is 69.0 Å². The minimum Gasteiger partial charge on any atom is -0.406 e. The number of ether oxygens (including phenoxy) is 1. The average molecular weight is 419 g/mol. The van der Waals surface area contributed by atoms with Crippen LogP contribution in [0.2, 0.25) is 0 Å². The van der Waals surface area contributed by atoms with Crippen LogP contribution in [0.25, 0.3) is 5.69 Å². The summed E-state index contributed by atoms with van der Waals surface area (Å²) in [6.45, 7) is -0.335. The van der Waals surface area contributed by atoms with E-state index in [1.165, 1.54) is 12.1 Å². The molecule has 3 aromatic rings. The molecule has 0 bridgehead atoms. The van der Waals surface area contributed by atoms with Crippen LogP contribution in [0.3, 0.4) is 0 Å². The normalized spacial score (nSPS) is 12.2. The van der Waals surface area contributed by atoms with Gasteiger partial charge in [0.1, 0.15) is 5.75 Å². The Kier molecular flexibility index (Phi) is 5.03. The third kappa shape index (κ3) is 4.70. The van der Waals surface area contributed by atoms with E-state index in [9.17, 15) is 35.9 Å². The molecule has 0 aliphatic carbocycles. The number of alkyl halides is 6. The van der Waals surface area contributed by atoms with E-state index < -0.39 is 35.2 Å². The van der Waals surface area contributed by atoms with Crippen LogP contribution in [-0.2, 0) is 12.7 Å². The van der Waals surface area contributed by atoms with Crippen LogP contribution in [0.5, 0.6) is 5.75 Å². The van der Waals surface area contributed by atoms with E-state index in [4.69, 9.17) is 0 Å². The van der Waals surface area contributed by atoms with Gasteiger partial charge >= 0.3 is 23.9 Å². The SMILES string of the molecule is O=c1[nH]n(-c2cccc(OC(F)(F)F)c2)c(=O)n1Cc1ccc(C(F)(F)F)cc1. The van der Waals surface area contributed by atoms with Gasteiger partial charge in [0, 0.05) is 6.07 Å². The highest BCUT2D eigenvalue weighted by molar-refractivity contribution is 5.38. The molecule has 0 spiro atoms. The van der Waals surface area contributed by atoms with E-state index in [1.807, 2.05) is 0 Å². The Morgan fingerprint density at radius 2 is 1.59 bits per heavy atom. The molecular formula is C17H11F6N3O3. The lowest BCUT2D eigenvalue weighted by atomic mass is 10.1. The van der Waals surface area contributed by atoms with Crippen LogP contribution in [0.1, 0.15) is 11.1 Å². The molecule has 3 rings (SSSR count). The summed E-state index contributed by atoms with van der Waals surface area (Å²) >= 11 is 0. The number of H-pyrrole nitrogens is 1. The van der Waals surface area contributed by atoms with Crippen molar-refractivity contribution in [2.45, 2.75) is 19.1 Å². The first-order valence-corrected chi connectivity index (χ1v) is 7.88. The minimum absolute atomic E-state index is 0.0972. The summed E-state index contributed by atoms with van der Waals surface area (Å²) in [5.74, 6) is -0.599. The molecule has 2 aromatic carbocycles. The summed E-state index contributed by atoms with van der Waals surface area (Å²) in [5, 5.41) is 2.17. The van der Waals surface area contributed by atoms with Crippen LogP contribution >= 0.6 is 0 Å². The lowest BCUT2D eigenvalue weighted by Gasteiger charge is -2.09. The number of aromatic nitrogens is 3. The van der Waals surface area contributed by atoms with Crippen molar-refractivity contribution >= 4 is 0 Å². The van der Waals surface area contributed by atoms with Crippen LogP contribution < -0.4 is 16.1 Å². The minimum atomic E-state index is -4.94. The predicted octanol–water partition coefficient (Wildman–Crippen LogP) is 3.29. The molecule has 0 fully saturated rings. The van der Waals surface area contributed by atoms with Crippen molar-refractivity contribution in [3.05, 3.63) is 80.6 Å². The number of rotatable bonds is 4. The first kappa shape index (κ1) is 20.3. The molecule has 1 aromatic heterocycles. The highest BCUT2D eigenvalue weighted by Crippen LogP contribution is 2.29. The van der Waals surface area contributed by atoms with E-state index >= 15 is 0 Å². The Morgan fingerprint density at radius 1 is 0.931 bits per heavy atom. The maximum atomic E-state index is 12.6. The molecule has 1 heterocycles. The van der Waals surface area contributed by atoms with Crippen LogP contribution in [0.15, 0.2) is 58.1 Å². The molecule has 0 radical (unpaired) electrons. The largest absolute Gasteiger partial charge is 0.573 e. The van der Waals surface area contributed by atoms with Gasteiger partial charge in [0.05, 0.1) is 17.8 Å². The van der Waals surface area contributed by atoms with Crippen LogP contribution in [0, 0.1) is 0 Å². The molecule has 0 atom stereocenters. The van der Waals surface area contributed by atoms with Crippen molar-refractivity contribution < 1.29 is 31.1 Å². The molecule has 1 N–H and O–H groups in total. The fraction of sp³-hybridized carbons (Fsp3) is 0.176.